The van der Waals surface area contributed by atoms with Gasteiger partial charge in [-0.3, -0.25) is 14.6 Å². The minimum absolute atomic E-state index is 0.0223. The van der Waals surface area contributed by atoms with Gasteiger partial charge in [0.1, 0.15) is 22.8 Å². The van der Waals surface area contributed by atoms with Gasteiger partial charge in [0.15, 0.2) is 0 Å². The average Bonchev–Trinajstić information content (AvgIpc) is 3.14. The first kappa shape index (κ1) is 27.8. The molecule has 2 aromatic carbocycles. The van der Waals surface area contributed by atoms with Crippen LogP contribution in [-0.2, 0) is 17.8 Å². The molecule has 1 spiro atoms. The standard InChI is InChI=1S/C30H41N3O5/c1-5-6-10-16-32-28(34)30(33(29(32)35)17-13-23-11-8-7-9-12-23)14-18-31(19-15-30)22-25-26(37-3)20-24(36-2)21-27(25)38-4/h7-9,11-12,20-21H,5-6,10,13-19,22H2,1-4H3. The number of hydrogen-bond acceptors (Lipinski definition) is 6. The number of methoxy groups -OCH3 is 3. The van der Waals surface area contributed by atoms with Crippen molar-refractivity contribution >= 4 is 11.9 Å². The van der Waals surface area contributed by atoms with E-state index in [1.807, 2.05) is 35.2 Å². The molecule has 38 heavy (non-hydrogen) atoms. The molecule has 2 fully saturated rings. The maximum Gasteiger partial charge on any atom is 0.327 e. The second kappa shape index (κ2) is 12.5. The van der Waals surface area contributed by atoms with Gasteiger partial charge in [-0.1, -0.05) is 50.1 Å². The number of carbonyl (C=O) groups excluding carboxylic acids is 2. The van der Waals surface area contributed by atoms with E-state index in [0.29, 0.717) is 62.8 Å². The van der Waals surface area contributed by atoms with Crippen molar-refractivity contribution in [3.05, 3.63) is 53.6 Å². The van der Waals surface area contributed by atoms with Gasteiger partial charge in [-0.2, -0.15) is 0 Å². The molecule has 0 aliphatic carbocycles. The number of ether oxygens (including phenoxy) is 3. The van der Waals surface area contributed by atoms with Gasteiger partial charge in [0.25, 0.3) is 5.91 Å². The van der Waals surface area contributed by atoms with E-state index in [4.69, 9.17) is 14.2 Å². The van der Waals surface area contributed by atoms with Gasteiger partial charge in [-0.15, -0.1) is 0 Å². The molecule has 0 saturated carbocycles. The van der Waals surface area contributed by atoms with Crippen LogP contribution in [0, 0.1) is 0 Å². The lowest BCUT2D eigenvalue weighted by atomic mass is 9.85. The lowest BCUT2D eigenvalue weighted by Gasteiger charge is -2.42. The van der Waals surface area contributed by atoms with Crippen LogP contribution in [-0.4, -0.2) is 79.7 Å². The summed E-state index contributed by atoms with van der Waals surface area (Å²) in [4.78, 5) is 33.1. The monoisotopic (exact) mass is 523 g/mol. The van der Waals surface area contributed by atoms with E-state index in [9.17, 15) is 9.59 Å². The number of piperidine rings is 1. The lowest BCUT2D eigenvalue weighted by Crippen LogP contribution is -2.56. The molecule has 2 aliphatic rings. The fourth-order valence-corrected chi connectivity index (χ4v) is 5.72. The van der Waals surface area contributed by atoms with Gasteiger partial charge >= 0.3 is 6.03 Å². The maximum absolute atomic E-state index is 13.8. The number of imide groups is 1. The van der Waals surface area contributed by atoms with E-state index in [2.05, 4.69) is 24.0 Å². The van der Waals surface area contributed by atoms with Crippen LogP contribution in [0.15, 0.2) is 42.5 Å². The second-order valence-corrected chi connectivity index (χ2v) is 10.2. The minimum atomic E-state index is -0.775. The quantitative estimate of drug-likeness (QED) is 0.296. The number of rotatable bonds is 12. The Morgan fingerprint density at radius 1 is 0.868 bits per heavy atom. The summed E-state index contributed by atoms with van der Waals surface area (Å²) in [6.45, 7) is 5.19. The van der Waals surface area contributed by atoms with Gasteiger partial charge in [0.05, 0.1) is 26.9 Å². The van der Waals surface area contributed by atoms with Gasteiger partial charge in [-0.25, -0.2) is 4.79 Å². The molecule has 2 aliphatic heterocycles. The van der Waals surface area contributed by atoms with E-state index in [-0.39, 0.29) is 11.9 Å². The summed E-state index contributed by atoms with van der Waals surface area (Å²) in [5, 5.41) is 0. The molecule has 8 nitrogen and oxygen atoms in total. The Balaban J connectivity index is 1.52. The third kappa shape index (κ3) is 5.60. The summed E-state index contributed by atoms with van der Waals surface area (Å²) in [5.74, 6) is 2.07. The normalized spacial score (nSPS) is 17.4. The molecule has 0 atom stereocenters. The average molecular weight is 524 g/mol. The third-order valence-electron chi connectivity index (χ3n) is 7.96. The summed E-state index contributed by atoms with van der Waals surface area (Å²) in [7, 11) is 4.90. The lowest BCUT2D eigenvalue weighted by molar-refractivity contribution is -0.135. The van der Waals surface area contributed by atoms with E-state index in [0.717, 1.165) is 31.2 Å². The molecule has 0 aromatic heterocycles. The number of likely N-dealkylation sites (tertiary alicyclic amines) is 1. The zero-order valence-corrected chi connectivity index (χ0v) is 23.2. The molecular weight excluding hydrogens is 482 g/mol. The van der Waals surface area contributed by atoms with E-state index >= 15 is 0 Å². The summed E-state index contributed by atoms with van der Waals surface area (Å²) < 4.78 is 16.7. The van der Waals surface area contributed by atoms with Crippen LogP contribution in [0.2, 0.25) is 0 Å². The Morgan fingerprint density at radius 2 is 1.53 bits per heavy atom. The van der Waals surface area contributed by atoms with Gasteiger partial charge in [-0.05, 0) is 31.2 Å². The highest BCUT2D eigenvalue weighted by atomic mass is 16.5. The molecule has 0 N–H and O–H groups in total. The van der Waals surface area contributed by atoms with Gasteiger partial charge in [0.2, 0.25) is 0 Å². The van der Waals surface area contributed by atoms with Crippen molar-refractivity contribution in [1.82, 2.24) is 14.7 Å². The number of hydrogen-bond donors (Lipinski definition) is 0. The first-order valence-electron chi connectivity index (χ1n) is 13.7. The second-order valence-electron chi connectivity index (χ2n) is 10.2. The molecule has 2 heterocycles. The van der Waals surface area contributed by atoms with Crippen molar-refractivity contribution in [2.24, 2.45) is 0 Å². The first-order chi connectivity index (χ1) is 18.5. The van der Waals surface area contributed by atoms with Crippen LogP contribution in [0.5, 0.6) is 17.2 Å². The predicted octanol–water partition coefficient (Wildman–Crippen LogP) is 4.74. The summed E-state index contributed by atoms with van der Waals surface area (Å²) in [5.41, 5.74) is 1.34. The number of benzene rings is 2. The minimum Gasteiger partial charge on any atom is -0.496 e. The topological polar surface area (TPSA) is 71.6 Å². The Hall–Kier alpha value is -3.26. The van der Waals surface area contributed by atoms with Gasteiger partial charge in [0, 0.05) is 44.9 Å². The maximum atomic E-state index is 13.8. The van der Waals surface area contributed by atoms with Crippen LogP contribution in [0.25, 0.3) is 0 Å². The summed E-state index contributed by atoms with van der Waals surface area (Å²) >= 11 is 0. The number of nitrogens with zero attached hydrogens (tertiary/aromatic N) is 3. The van der Waals surface area contributed by atoms with Crippen LogP contribution in [0.1, 0.15) is 50.2 Å². The fourth-order valence-electron chi connectivity index (χ4n) is 5.72. The highest BCUT2D eigenvalue weighted by molar-refractivity contribution is 6.07. The highest BCUT2D eigenvalue weighted by Crippen LogP contribution is 2.40. The Kier molecular flexibility index (Phi) is 9.15. The number of carbonyl (C=O) groups is 2. The molecule has 8 heteroatoms. The third-order valence-corrected chi connectivity index (χ3v) is 7.96. The van der Waals surface area contributed by atoms with Crippen molar-refractivity contribution in [3.8, 4) is 17.2 Å². The van der Waals surface area contributed by atoms with Crippen molar-refractivity contribution in [2.75, 3.05) is 47.5 Å². The van der Waals surface area contributed by atoms with Gasteiger partial charge < -0.3 is 19.1 Å². The van der Waals surface area contributed by atoms with Crippen LogP contribution in [0.4, 0.5) is 4.79 Å². The summed E-state index contributed by atoms with van der Waals surface area (Å²) in [6, 6.07) is 13.8. The van der Waals surface area contributed by atoms with E-state index in [1.54, 1.807) is 21.3 Å². The van der Waals surface area contributed by atoms with Crippen molar-refractivity contribution in [2.45, 2.75) is 57.5 Å². The molecular formula is C30H41N3O5. The van der Waals surface area contributed by atoms with Crippen molar-refractivity contribution in [1.29, 1.82) is 0 Å². The first-order valence-corrected chi connectivity index (χ1v) is 13.7. The molecule has 0 radical (unpaired) electrons. The summed E-state index contributed by atoms with van der Waals surface area (Å²) in [6.07, 6.45) is 4.85. The molecule has 3 amide bonds. The van der Waals surface area contributed by atoms with E-state index in [1.165, 1.54) is 10.5 Å². The van der Waals surface area contributed by atoms with E-state index < -0.39 is 5.54 Å². The Morgan fingerprint density at radius 3 is 2.11 bits per heavy atom. The Bertz CT molecular complexity index is 1070. The zero-order chi connectivity index (χ0) is 27.1. The SMILES string of the molecule is CCCCCN1C(=O)N(CCc2ccccc2)C2(CCN(Cc3c(OC)cc(OC)cc3OC)CC2)C1=O. The van der Waals surface area contributed by atoms with Crippen molar-refractivity contribution in [3.63, 3.8) is 0 Å². The fraction of sp³-hybridized carbons (Fsp3) is 0.533. The molecule has 0 bridgehead atoms. The number of amides is 3. The van der Waals surface area contributed by atoms with Crippen LogP contribution >= 0.6 is 0 Å². The smallest absolute Gasteiger partial charge is 0.327 e. The largest absolute Gasteiger partial charge is 0.496 e. The molecule has 0 unspecified atom stereocenters. The van der Waals surface area contributed by atoms with Crippen LogP contribution < -0.4 is 14.2 Å². The zero-order valence-electron chi connectivity index (χ0n) is 23.2. The molecule has 2 aromatic rings. The van der Waals surface area contributed by atoms with Crippen LogP contribution in [0.3, 0.4) is 0 Å². The molecule has 206 valence electrons. The molecule has 4 rings (SSSR count). The number of unbranched alkanes of at least 4 members (excludes halogenated alkanes) is 2. The highest BCUT2D eigenvalue weighted by Gasteiger charge is 2.57. The van der Waals surface area contributed by atoms with Crippen molar-refractivity contribution < 1.29 is 23.8 Å². The number of urea groups is 1. The molecule has 2 saturated heterocycles. The predicted molar refractivity (Wildman–Crippen MR) is 147 cm³/mol. The Labute approximate surface area is 226 Å².